The van der Waals surface area contributed by atoms with E-state index in [-0.39, 0.29) is 18.3 Å². The third-order valence-electron chi connectivity index (χ3n) is 10.4. The fourth-order valence-corrected chi connectivity index (χ4v) is 6.37. The third-order valence-corrected chi connectivity index (χ3v) is 10.4. The van der Waals surface area contributed by atoms with Crippen molar-refractivity contribution in [3.63, 3.8) is 0 Å². The molecular formula is C50H48BNO2. The number of rotatable bonds is 10. The molecule has 0 amide bonds. The lowest BCUT2D eigenvalue weighted by atomic mass is 9.78. The van der Waals surface area contributed by atoms with Crippen LogP contribution in [-0.2, 0) is 9.31 Å². The van der Waals surface area contributed by atoms with E-state index in [9.17, 15) is 0 Å². The molecule has 1 aliphatic rings. The summed E-state index contributed by atoms with van der Waals surface area (Å²) in [5.74, 6) is 0. The summed E-state index contributed by atoms with van der Waals surface area (Å²) >= 11 is 0. The van der Waals surface area contributed by atoms with Crippen LogP contribution in [0.15, 0.2) is 146 Å². The first kappa shape index (κ1) is 36.7. The zero-order valence-corrected chi connectivity index (χ0v) is 32.2. The van der Waals surface area contributed by atoms with Gasteiger partial charge in [0.1, 0.15) is 0 Å². The van der Waals surface area contributed by atoms with Crippen molar-refractivity contribution in [3.05, 3.63) is 190 Å². The fourth-order valence-electron chi connectivity index (χ4n) is 6.37. The third kappa shape index (κ3) is 8.74. The summed E-state index contributed by atoms with van der Waals surface area (Å²) in [5, 5.41) is 0. The van der Waals surface area contributed by atoms with E-state index in [1.165, 1.54) is 22.3 Å². The summed E-state index contributed by atoms with van der Waals surface area (Å²) in [6.07, 6.45) is 13.0. The van der Waals surface area contributed by atoms with Gasteiger partial charge in [0.25, 0.3) is 0 Å². The first-order valence-corrected chi connectivity index (χ1v) is 18.7. The minimum atomic E-state index is -0.384. The molecular weight excluding hydrogens is 657 g/mol. The molecule has 1 heterocycles. The second-order valence-corrected chi connectivity index (χ2v) is 15.2. The van der Waals surface area contributed by atoms with Crippen molar-refractivity contribution in [2.75, 3.05) is 4.90 Å². The molecule has 7 rings (SSSR count). The molecule has 54 heavy (non-hydrogen) atoms. The summed E-state index contributed by atoms with van der Waals surface area (Å²) in [4.78, 5) is 2.31. The van der Waals surface area contributed by atoms with Gasteiger partial charge < -0.3 is 14.2 Å². The first-order valence-electron chi connectivity index (χ1n) is 18.7. The van der Waals surface area contributed by atoms with Crippen LogP contribution in [0.2, 0.25) is 0 Å². The second-order valence-electron chi connectivity index (χ2n) is 15.2. The molecule has 1 aliphatic heterocycles. The second kappa shape index (κ2) is 15.7. The Hall–Kier alpha value is -5.68. The van der Waals surface area contributed by atoms with E-state index in [0.717, 1.165) is 44.8 Å². The van der Waals surface area contributed by atoms with Gasteiger partial charge in [-0.15, -0.1) is 0 Å². The van der Waals surface area contributed by atoms with Gasteiger partial charge in [-0.1, -0.05) is 157 Å². The topological polar surface area (TPSA) is 21.7 Å². The Morgan fingerprint density at radius 3 is 1.07 bits per heavy atom. The van der Waals surface area contributed by atoms with E-state index in [1.807, 2.05) is 0 Å². The molecule has 0 bridgehead atoms. The summed E-state index contributed by atoms with van der Waals surface area (Å²) in [6.45, 7) is 12.6. The standard InChI is InChI=1S/C50H48BNO2/c1-37-10-14-39(15-11-37)18-20-41-24-30-46(31-25-41)52(47-32-26-42(27-33-47)21-19-40-16-12-38(2)13-17-40)48-34-28-43(29-35-48)22-23-44-8-7-9-45(36-44)51-53-49(3,4)50(5,6)54-51/h7-36H,1-6H3/b20-18+,21-19+,23-22+. The van der Waals surface area contributed by atoms with Gasteiger partial charge >= 0.3 is 7.12 Å². The number of anilines is 3. The lowest BCUT2D eigenvalue weighted by Crippen LogP contribution is -2.41. The number of hydrogen-bond acceptors (Lipinski definition) is 3. The number of hydrogen-bond donors (Lipinski definition) is 0. The van der Waals surface area contributed by atoms with Crippen molar-refractivity contribution in [1.82, 2.24) is 0 Å². The molecule has 1 fully saturated rings. The lowest BCUT2D eigenvalue weighted by Gasteiger charge is -2.32. The summed E-state index contributed by atoms with van der Waals surface area (Å²) in [5.41, 5.74) is 13.0. The average molecular weight is 706 g/mol. The highest BCUT2D eigenvalue weighted by atomic mass is 16.7. The largest absolute Gasteiger partial charge is 0.494 e. The molecule has 6 aromatic carbocycles. The summed E-state index contributed by atoms with van der Waals surface area (Å²) in [6, 6.07) is 51.8. The molecule has 268 valence electrons. The maximum Gasteiger partial charge on any atom is 0.494 e. The van der Waals surface area contributed by atoms with E-state index in [4.69, 9.17) is 9.31 Å². The highest BCUT2D eigenvalue weighted by Crippen LogP contribution is 2.37. The van der Waals surface area contributed by atoms with Crippen LogP contribution in [0.25, 0.3) is 36.5 Å². The van der Waals surface area contributed by atoms with Crippen LogP contribution in [-0.4, -0.2) is 18.3 Å². The van der Waals surface area contributed by atoms with Gasteiger partial charge in [-0.2, -0.15) is 0 Å². The molecule has 0 N–H and O–H groups in total. The maximum atomic E-state index is 6.30. The normalized spacial score (nSPS) is 15.1. The van der Waals surface area contributed by atoms with E-state index >= 15 is 0 Å². The van der Waals surface area contributed by atoms with Crippen molar-refractivity contribution in [2.45, 2.75) is 52.7 Å². The van der Waals surface area contributed by atoms with Gasteiger partial charge in [-0.25, -0.2) is 0 Å². The van der Waals surface area contributed by atoms with Crippen molar-refractivity contribution in [3.8, 4) is 0 Å². The van der Waals surface area contributed by atoms with Gasteiger partial charge in [0, 0.05) is 17.1 Å². The molecule has 0 atom stereocenters. The molecule has 0 unspecified atom stereocenters. The van der Waals surface area contributed by atoms with Gasteiger partial charge in [0.2, 0.25) is 0 Å². The van der Waals surface area contributed by atoms with E-state index < -0.39 is 0 Å². The Morgan fingerprint density at radius 1 is 0.407 bits per heavy atom. The molecule has 3 nitrogen and oxygen atoms in total. The summed E-state index contributed by atoms with van der Waals surface area (Å²) < 4.78 is 12.6. The Bertz CT molecular complexity index is 2150. The number of benzene rings is 6. The smallest absolute Gasteiger partial charge is 0.399 e. The van der Waals surface area contributed by atoms with Crippen LogP contribution in [0.1, 0.15) is 72.2 Å². The van der Waals surface area contributed by atoms with Crippen molar-refractivity contribution >= 4 is 66.1 Å². The number of aryl methyl sites for hydroxylation is 2. The zero-order chi connectivity index (χ0) is 37.7. The van der Waals surface area contributed by atoms with Gasteiger partial charge in [0.05, 0.1) is 11.2 Å². The fraction of sp³-hybridized carbons (Fsp3) is 0.160. The Kier molecular flexibility index (Phi) is 10.7. The van der Waals surface area contributed by atoms with Gasteiger partial charge in [-0.05, 0) is 117 Å². The lowest BCUT2D eigenvalue weighted by molar-refractivity contribution is 0.00578. The van der Waals surface area contributed by atoms with E-state index in [2.05, 4.69) is 228 Å². The van der Waals surface area contributed by atoms with Crippen LogP contribution >= 0.6 is 0 Å². The van der Waals surface area contributed by atoms with Crippen LogP contribution in [0.4, 0.5) is 17.1 Å². The quantitative estimate of drug-likeness (QED) is 0.105. The SMILES string of the molecule is Cc1ccc(/C=C/c2ccc(N(c3ccc(/C=C/c4ccc(C)cc4)cc3)c3ccc(/C=C/c4cccc(B5OC(C)(C)C(C)(C)O5)c4)cc3)cc2)cc1. The minimum absolute atomic E-state index is 0.374. The summed E-state index contributed by atoms with van der Waals surface area (Å²) in [7, 11) is -0.384. The van der Waals surface area contributed by atoms with Gasteiger partial charge in [-0.3, -0.25) is 0 Å². The van der Waals surface area contributed by atoms with Crippen LogP contribution < -0.4 is 10.4 Å². The molecule has 0 saturated carbocycles. The predicted octanol–water partition coefficient (Wildman–Crippen LogP) is 12.6. The van der Waals surface area contributed by atoms with Crippen molar-refractivity contribution in [1.29, 1.82) is 0 Å². The highest BCUT2D eigenvalue weighted by Gasteiger charge is 2.51. The molecule has 6 aromatic rings. The van der Waals surface area contributed by atoms with Crippen molar-refractivity contribution in [2.24, 2.45) is 0 Å². The molecule has 0 spiro atoms. The first-order chi connectivity index (χ1) is 26.0. The Balaban J connectivity index is 1.12. The molecule has 4 heteroatoms. The van der Waals surface area contributed by atoms with E-state index in [0.29, 0.717) is 0 Å². The Labute approximate surface area is 322 Å². The number of nitrogens with zero attached hydrogens (tertiary/aromatic N) is 1. The molecule has 0 aromatic heterocycles. The predicted molar refractivity (Wildman–Crippen MR) is 232 cm³/mol. The Morgan fingerprint density at radius 2 is 0.722 bits per heavy atom. The van der Waals surface area contributed by atoms with Crippen LogP contribution in [0.3, 0.4) is 0 Å². The highest BCUT2D eigenvalue weighted by molar-refractivity contribution is 6.62. The maximum absolute atomic E-state index is 6.30. The molecule has 0 aliphatic carbocycles. The molecule has 0 radical (unpaired) electrons. The van der Waals surface area contributed by atoms with Crippen molar-refractivity contribution < 1.29 is 9.31 Å². The van der Waals surface area contributed by atoms with Gasteiger partial charge in [0.15, 0.2) is 0 Å². The zero-order valence-electron chi connectivity index (χ0n) is 32.2. The molecule has 1 saturated heterocycles. The average Bonchev–Trinajstić information content (AvgIpc) is 3.41. The van der Waals surface area contributed by atoms with Crippen LogP contribution in [0.5, 0.6) is 0 Å². The van der Waals surface area contributed by atoms with E-state index in [1.54, 1.807) is 0 Å². The van der Waals surface area contributed by atoms with Crippen LogP contribution in [0, 0.1) is 13.8 Å². The monoisotopic (exact) mass is 705 g/mol. The minimum Gasteiger partial charge on any atom is -0.399 e.